The molecule has 0 bridgehead atoms. The predicted octanol–water partition coefficient (Wildman–Crippen LogP) is 3.93. The summed E-state index contributed by atoms with van der Waals surface area (Å²) in [6, 6.07) is 0. The molecular formula is C4H2Cl2F4. The van der Waals surface area contributed by atoms with E-state index in [1.54, 1.807) is 0 Å². The van der Waals surface area contributed by atoms with Gasteiger partial charge < -0.3 is 0 Å². The maximum absolute atomic E-state index is 10.7. The molecule has 0 aliphatic rings. The second kappa shape index (κ2) is 6.89. The number of halogens is 6. The third kappa shape index (κ3) is 25.0. The quantitative estimate of drug-likeness (QED) is 0.516. The third-order valence-electron chi connectivity index (χ3n) is 0.143. The van der Waals surface area contributed by atoms with E-state index in [4.69, 9.17) is 0 Å². The number of hydrogen-bond donors (Lipinski definition) is 0. The average Bonchev–Trinajstić information content (AvgIpc) is 1.63. The molecule has 0 aliphatic carbocycles. The Balaban J connectivity index is 0. The molecule has 10 heavy (non-hydrogen) atoms. The molecule has 0 aromatic rings. The van der Waals surface area contributed by atoms with Gasteiger partial charge in [-0.05, 0) is 11.6 Å². The van der Waals surface area contributed by atoms with E-state index in [1.807, 2.05) is 0 Å². The summed E-state index contributed by atoms with van der Waals surface area (Å²) in [4.78, 5) is 0. The van der Waals surface area contributed by atoms with Gasteiger partial charge in [-0.2, -0.15) is 17.6 Å². The van der Waals surface area contributed by atoms with Crippen LogP contribution in [0.5, 0.6) is 0 Å². The summed E-state index contributed by atoms with van der Waals surface area (Å²) in [5.41, 5.74) is 0. The summed E-state index contributed by atoms with van der Waals surface area (Å²) >= 11 is 8.49. The van der Waals surface area contributed by atoms with E-state index < -0.39 is 16.7 Å². The van der Waals surface area contributed by atoms with E-state index in [2.05, 4.69) is 29.8 Å². The first kappa shape index (κ1) is 12.5. The average molecular weight is 197 g/mol. The Labute approximate surface area is 64.7 Å². The topological polar surface area (TPSA) is 0 Å². The van der Waals surface area contributed by atoms with Crippen LogP contribution in [0.15, 0.2) is 23.2 Å². The van der Waals surface area contributed by atoms with Crippen molar-refractivity contribution >= 4 is 23.2 Å². The van der Waals surface area contributed by atoms with E-state index in [9.17, 15) is 17.6 Å². The van der Waals surface area contributed by atoms with Crippen molar-refractivity contribution in [3.8, 4) is 0 Å². The molecule has 0 radical (unpaired) electrons. The van der Waals surface area contributed by atoms with Gasteiger partial charge in [0.1, 0.15) is 0 Å². The van der Waals surface area contributed by atoms with Crippen LogP contribution in [0.3, 0.4) is 0 Å². The minimum Gasteiger partial charge on any atom is -0.194 e. The Morgan fingerprint density at radius 3 is 1.10 bits per heavy atom. The first-order valence-corrected chi connectivity index (χ1v) is 2.49. The zero-order chi connectivity index (χ0) is 8.73. The molecule has 0 aromatic heterocycles. The largest absolute Gasteiger partial charge is 0.317 e. The Hall–Kier alpha value is -0.220. The summed E-state index contributed by atoms with van der Waals surface area (Å²) in [6.45, 7) is 2.65. The highest BCUT2D eigenvalue weighted by atomic mass is 35.5. The lowest BCUT2D eigenvalue weighted by molar-refractivity contribution is 0.393. The molecule has 0 atom stereocenters. The van der Waals surface area contributed by atoms with Crippen molar-refractivity contribution in [1.29, 1.82) is 0 Å². The molecule has 6 heteroatoms. The van der Waals surface area contributed by atoms with Crippen LogP contribution in [-0.4, -0.2) is 0 Å². The molecule has 0 fully saturated rings. The molecule has 0 nitrogen and oxygen atoms in total. The minimum absolute atomic E-state index is 0.861. The summed E-state index contributed by atoms with van der Waals surface area (Å²) in [6.07, 6.45) is -2.48. The molecule has 0 spiro atoms. The van der Waals surface area contributed by atoms with Crippen molar-refractivity contribution in [3.63, 3.8) is 0 Å². The molecule has 0 heterocycles. The summed E-state index contributed by atoms with van der Waals surface area (Å²) in [5.74, 6) is 0. The first-order valence-electron chi connectivity index (χ1n) is 1.74. The van der Waals surface area contributed by atoms with Gasteiger partial charge in [0, 0.05) is 0 Å². The van der Waals surface area contributed by atoms with Gasteiger partial charge in [0.15, 0.2) is 5.29 Å². The highest BCUT2D eigenvalue weighted by Crippen LogP contribution is 2.11. The van der Waals surface area contributed by atoms with Crippen molar-refractivity contribution in [2.75, 3.05) is 0 Å². The molecule has 0 aromatic carbocycles. The van der Waals surface area contributed by atoms with Gasteiger partial charge in [0.25, 0.3) is 5.29 Å². The number of hydrogen-bond acceptors (Lipinski definition) is 0. The molecule has 60 valence electrons. The van der Waals surface area contributed by atoms with Gasteiger partial charge in [-0.25, -0.2) is 0 Å². The zero-order valence-corrected chi connectivity index (χ0v) is 5.99. The molecule has 0 N–H and O–H groups in total. The van der Waals surface area contributed by atoms with Crippen LogP contribution in [0.1, 0.15) is 0 Å². The highest BCUT2D eigenvalue weighted by molar-refractivity contribution is 6.28. The van der Waals surface area contributed by atoms with Crippen LogP contribution in [0.2, 0.25) is 0 Å². The van der Waals surface area contributed by atoms with Crippen LogP contribution in [0.4, 0.5) is 17.6 Å². The van der Waals surface area contributed by atoms with Crippen molar-refractivity contribution < 1.29 is 17.6 Å². The Kier molecular flexibility index (Phi) is 8.59. The van der Waals surface area contributed by atoms with E-state index in [-0.39, 0.29) is 0 Å². The van der Waals surface area contributed by atoms with Crippen LogP contribution < -0.4 is 0 Å². The summed E-state index contributed by atoms with van der Waals surface area (Å²) in [5, 5.41) is -2.80. The molecule has 0 aliphatic heterocycles. The van der Waals surface area contributed by atoms with E-state index in [0.717, 1.165) is 0 Å². The molecule has 0 rings (SSSR count). The Morgan fingerprint density at radius 2 is 1.10 bits per heavy atom. The second-order valence-corrected chi connectivity index (χ2v) is 1.60. The van der Waals surface area contributed by atoms with Gasteiger partial charge in [0.2, 0.25) is 0 Å². The fourth-order valence-electron chi connectivity index (χ4n) is 0. The Bertz CT molecular complexity index is 120. The highest BCUT2D eigenvalue weighted by Gasteiger charge is 1.95. The molecule has 0 unspecified atom stereocenters. The summed E-state index contributed by atoms with van der Waals surface area (Å²) in [7, 11) is 0. The fourth-order valence-corrected chi connectivity index (χ4v) is 0. The van der Waals surface area contributed by atoms with Gasteiger partial charge in [0.05, 0.1) is 0 Å². The molecule has 0 saturated carbocycles. The van der Waals surface area contributed by atoms with E-state index in [1.165, 1.54) is 0 Å². The molecule has 0 amide bonds. The Morgan fingerprint density at radius 1 is 1.00 bits per heavy atom. The van der Waals surface area contributed by atoms with Gasteiger partial charge in [-0.3, -0.25) is 0 Å². The van der Waals surface area contributed by atoms with Crippen molar-refractivity contribution in [1.82, 2.24) is 0 Å². The van der Waals surface area contributed by atoms with Gasteiger partial charge >= 0.3 is 6.08 Å². The maximum Gasteiger partial charge on any atom is 0.317 e. The minimum atomic E-state index is -2.48. The standard InChI is InChI=1S/C2ClF3.C2H2ClF/c3-1(4)2(5)6;1-2(3)4/h;1H2. The summed E-state index contributed by atoms with van der Waals surface area (Å²) < 4.78 is 42.4. The van der Waals surface area contributed by atoms with Crippen LogP contribution in [-0.2, 0) is 0 Å². The second-order valence-electron chi connectivity index (χ2n) is 0.860. The van der Waals surface area contributed by atoms with Crippen LogP contribution in [0, 0.1) is 0 Å². The zero-order valence-electron chi connectivity index (χ0n) is 4.47. The molecule has 0 saturated heterocycles. The normalized spacial score (nSPS) is 7.40. The lowest BCUT2D eigenvalue weighted by atomic mass is 11.1. The van der Waals surface area contributed by atoms with Crippen molar-refractivity contribution in [3.05, 3.63) is 23.2 Å². The van der Waals surface area contributed by atoms with Crippen LogP contribution in [0.25, 0.3) is 0 Å². The smallest absolute Gasteiger partial charge is 0.194 e. The number of rotatable bonds is 0. The first-order chi connectivity index (χ1) is 4.37. The van der Waals surface area contributed by atoms with Crippen molar-refractivity contribution in [2.45, 2.75) is 0 Å². The lowest BCUT2D eigenvalue weighted by Crippen LogP contribution is -1.54. The SMILES string of the molecule is C=C(F)Cl.FC(F)=C(F)Cl. The predicted molar refractivity (Wildman–Crippen MR) is 32.3 cm³/mol. The lowest BCUT2D eigenvalue weighted by Gasteiger charge is -1.70. The van der Waals surface area contributed by atoms with Gasteiger partial charge in [-0.1, -0.05) is 18.2 Å². The third-order valence-corrected chi connectivity index (χ3v) is 0.286. The van der Waals surface area contributed by atoms with Crippen molar-refractivity contribution in [2.24, 2.45) is 0 Å². The molecular weight excluding hydrogens is 195 g/mol. The monoisotopic (exact) mass is 196 g/mol. The van der Waals surface area contributed by atoms with E-state index >= 15 is 0 Å². The fraction of sp³-hybridized carbons (Fsp3) is 0. The van der Waals surface area contributed by atoms with Crippen LogP contribution >= 0.6 is 23.2 Å². The van der Waals surface area contributed by atoms with Gasteiger partial charge in [-0.15, -0.1) is 0 Å². The van der Waals surface area contributed by atoms with E-state index in [0.29, 0.717) is 0 Å². The maximum atomic E-state index is 10.7.